The third-order valence-electron chi connectivity index (χ3n) is 3.32. The van der Waals surface area contributed by atoms with Crippen molar-refractivity contribution >= 4 is 23.7 Å². The summed E-state index contributed by atoms with van der Waals surface area (Å²) in [7, 11) is 0. The van der Waals surface area contributed by atoms with E-state index < -0.39 is 27.1 Å². The fraction of sp³-hybridized carbons (Fsp3) is 0.333. The van der Waals surface area contributed by atoms with Gasteiger partial charge in [0.15, 0.2) is 0 Å². The number of piperazine rings is 1. The van der Waals surface area contributed by atoms with Crippen LogP contribution in [0.3, 0.4) is 0 Å². The van der Waals surface area contributed by atoms with Gasteiger partial charge in [0.2, 0.25) is 6.41 Å². The Kier molecular flexibility index (Phi) is 4.30. The van der Waals surface area contributed by atoms with E-state index in [0.29, 0.717) is 19.5 Å². The Balaban J connectivity index is 2.27. The van der Waals surface area contributed by atoms with Gasteiger partial charge in [-0.1, -0.05) is 0 Å². The number of hydrogen-bond acceptors (Lipinski definition) is 6. The normalized spacial score (nSPS) is 14.5. The quantitative estimate of drug-likeness (QED) is 0.450. The molecule has 2 amide bonds. The van der Waals surface area contributed by atoms with E-state index in [1.807, 2.05) is 0 Å². The van der Waals surface area contributed by atoms with Gasteiger partial charge in [-0.25, -0.2) is 0 Å². The second-order valence-corrected chi connectivity index (χ2v) is 4.69. The van der Waals surface area contributed by atoms with E-state index in [1.165, 1.54) is 9.80 Å². The molecule has 1 fully saturated rings. The summed E-state index contributed by atoms with van der Waals surface area (Å²) >= 11 is 0. The minimum absolute atomic E-state index is 0.111. The van der Waals surface area contributed by atoms with Crippen molar-refractivity contribution in [2.24, 2.45) is 0 Å². The van der Waals surface area contributed by atoms with Crippen LogP contribution < -0.4 is 0 Å². The van der Waals surface area contributed by atoms with Crippen molar-refractivity contribution in [1.29, 1.82) is 0 Å². The monoisotopic (exact) mass is 308 g/mol. The van der Waals surface area contributed by atoms with Gasteiger partial charge in [0, 0.05) is 38.3 Å². The summed E-state index contributed by atoms with van der Waals surface area (Å²) < 4.78 is 0. The molecule has 2 rings (SSSR count). The van der Waals surface area contributed by atoms with Crippen molar-refractivity contribution in [3.8, 4) is 0 Å². The first-order valence-corrected chi connectivity index (χ1v) is 6.35. The lowest BCUT2D eigenvalue weighted by Gasteiger charge is -2.32. The number of carbonyl (C=O) groups is 2. The highest BCUT2D eigenvalue weighted by Crippen LogP contribution is 2.23. The summed E-state index contributed by atoms with van der Waals surface area (Å²) in [5.74, 6) is -0.530. The fourth-order valence-corrected chi connectivity index (χ4v) is 2.14. The van der Waals surface area contributed by atoms with Crippen LogP contribution in [-0.2, 0) is 4.79 Å². The number of benzene rings is 1. The van der Waals surface area contributed by atoms with Crippen molar-refractivity contribution in [2.45, 2.75) is 0 Å². The van der Waals surface area contributed by atoms with Gasteiger partial charge in [0.05, 0.1) is 21.5 Å². The number of nitrogens with zero attached hydrogens (tertiary/aromatic N) is 4. The molecule has 1 aliphatic heterocycles. The molecule has 116 valence electrons. The molecule has 0 radical (unpaired) electrons. The summed E-state index contributed by atoms with van der Waals surface area (Å²) in [5.41, 5.74) is -1.13. The lowest BCUT2D eigenvalue weighted by Crippen LogP contribution is -2.48. The standard InChI is InChI=1S/C12H12N4O6/c17-8-13-1-3-14(4-2-13)12(18)9-5-10(15(19)20)7-11(6-9)16(21)22/h5-8H,1-4H2. The van der Waals surface area contributed by atoms with Gasteiger partial charge in [-0.15, -0.1) is 0 Å². The van der Waals surface area contributed by atoms with Crippen LogP contribution in [0.15, 0.2) is 18.2 Å². The van der Waals surface area contributed by atoms with Crippen LogP contribution in [-0.4, -0.2) is 58.1 Å². The number of rotatable bonds is 4. The molecule has 10 heteroatoms. The van der Waals surface area contributed by atoms with Crippen LogP contribution in [0, 0.1) is 20.2 Å². The second kappa shape index (κ2) is 6.16. The molecule has 0 spiro atoms. The smallest absolute Gasteiger partial charge is 0.277 e. The predicted molar refractivity (Wildman–Crippen MR) is 73.3 cm³/mol. The Bertz CT molecular complexity index is 606. The lowest BCUT2D eigenvalue weighted by molar-refractivity contribution is -0.394. The molecule has 22 heavy (non-hydrogen) atoms. The van der Waals surface area contributed by atoms with Crippen LogP contribution in [0.1, 0.15) is 10.4 Å². The third kappa shape index (κ3) is 3.16. The highest BCUT2D eigenvalue weighted by molar-refractivity contribution is 5.95. The van der Waals surface area contributed by atoms with Crippen LogP contribution >= 0.6 is 0 Å². The summed E-state index contributed by atoms with van der Waals surface area (Å²) in [6.45, 7) is 1.25. The maximum Gasteiger partial charge on any atom is 0.277 e. The van der Waals surface area contributed by atoms with Crippen LogP contribution in [0.2, 0.25) is 0 Å². The average Bonchev–Trinajstić information content (AvgIpc) is 2.53. The van der Waals surface area contributed by atoms with E-state index in [2.05, 4.69) is 0 Å². The molecule has 0 aliphatic carbocycles. The first-order valence-electron chi connectivity index (χ1n) is 6.35. The largest absolute Gasteiger partial charge is 0.342 e. The molecule has 10 nitrogen and oxygen atoms in total. The molecule has 0 unspecified atom stereocenters. The van der Waals surface area contributed by atoms with E-state index in [0.717, 1.165) is 18.2 Å². The van der Waals surface area contributed by atoms with Gasteiger partial charge in [0.25, 0.3) is 17.3 Å². The zero-order valence-electron chi connectivity index (χ0n) is 11.4. The van der Waals surface area contributed by atoms with E-state index in [-0.39, 0.29) is 18.7 Å². The van der Waals surface area contributed by atoms with Crippen LogP contribution in [0.4, 0.5) is 11.4 Å². The van der Waals surface area contributed by atoms with Gasteiger partial charge < -0.3 is 9.80 Å². The Labute approximate surface area is 124 Å². The molecule has 0 saturated carbocycles. The molecule has 0 atom stereocenters. The number of nitro groups is 2. The van der Waals surface area contributed by atoms with Gasteiger partial charge in [-0.05, 0) is 0 Å². The molecule has 0 bridgehead atoms. The van der Waals surface area contributed by atoms with E-state index >= 15 is 0 Å². The maximum absolute atomic E-state index is 12.3. The summed E-state index contributed by atoms with van der Waals surface area (Å²) in [6, 6.07) is 2.84. The predicted octanol–water partition coefficient (Wildman–Crippen LogP) is 0.417. The molecular weight excluding hydrogens is 296 g/mol. The first kappa shape index (κ1) is 15.4. The molecule has 1 aromatic carbocycles. The molecule has 1 heterocycles. The Hall–Kier alpha value is -3.04. The molecule has 0 aromatic heterocycles. The molecular formula is C12H12N4O6. The number of carbonyl (C=O) groups excluding carboxylic acids is 2. The number of hydrogen-bond donors (Lipinski definition) is 0. The van der Waals surface area contributed by atoms with Crippen molar-refractivity contribution < 1.29 is 19.4 Å². The van der Waals surface area contributed by atoms with Crippen molar-refractivity contribution in [1.82, 2.24) is 9.80 Å². The number of non-ortho nitro benzene ring substituents is 2. The van der Waals surface area contributed by atoms with E-state index in [4.69, 9.17) is 0 Å². The lowest BCUT2D eigenvalue weighted by atomic mass is 10.1. The van der Waals surface area contributed by atoms with Gasteiger partial charge in [0.1, 0.15) is 0 Å². The first-order chi connectivity index (χ1) is 10.4. The average molecular weight is 308 g/mol. The Morgan fingerprint density at radius 2 is 1.50 bits per heavy atom. The molecule has 1 saturated heterocycles. The Morgan fingerprint density at radius 1 is 1.00 bits per heavy atom. The maximum atomic E-state index is 12.3. The SMILES string of the molecule is O=CN1CCN(C(=O)c2cc([N+](=O)[O-])cc([N+](=O)[O-])c2)CC1. The van der Waals surface area contributed by atoms with Gasteiger partial charge in [-0.2, -0.15) is 0 Å². The molecule has 0 N–H and O–H groups in total. The zero-order chi connectivity index (χ0) is 16.3. The number of nitro benzene ring substituents is 2. The minimum atomic E-state index is -0.784. The number of amides is 2. The van der Waals surface area contributed by atoms with E-state index in [1.54, 1.807) is 0 Å². The fourth-order valence-electron chi connectivity index (χ4n) is 2.14. The zero-order valence-corrected chi connectivity index (χ0v) is 11.4. The van der Waals surface area contributed by atoms with Crippen LogP contribution in [0.5, 0.6) is 0 Å². The third-order valence-corrected chi connectivity index (χ3v) is 3.32. The van der Waals surface area contributed by atoms with Crippen molar-refractivity contribution in [3.63, 3.8) is 0 Å². The van der Waals surface area contributed by atoms with Crippen molar-refractivity contribution in [3.05, 3.63) is 44.0 Å². The Morgan fingerprint density at radius 3 is 1.91 bits per heavy atom. The van der Waals surface area contributed by atoms with Gasteiger partial charge in [-0.3, -0.25) is 29.8 Å². The van der Waals surface area contributed by atoms with Gasteiger partial charge >= 0.3 is 0 Å². The summed E-state index contributed by atoms with van der Waals surface area (Å²) in [6.07, 6.45) is 0.681. The van der Waals surface area contributed by atoms with Crippen LogP contribution in [0.25, 0.3) is 0 Å². The molecule has 1 aliphatic rings. The molecule has 1 aromatic rings. The summed E-state index contributed by atoms with van der Waals surface area (Å²) in [5, 5.41) is 21.6. The van der Waals surface area contributed by atoms with Crippen molar-refractivity contribution in [2.75, 3.05) is 26.2 Å². The van der Waals surface area contributed by atoms with E-state index in [9.17, 15) is 29.8 Å². The topological polar surface area (TPSA) is 127 Å². The summed E-state index contributed by atoms with van der Waals surface area (Å²) in [4.78, 5) is 45.9. The second-order valence-electron chi connectivity index (χ2n) is 4.69. The highest BCUT2D eigenvalue weighted by Gasteiger charge is 2.25. The highest BCUT2D eigenvalue weighted by atomic mass is 16.6. The minimum Gasteiger partial charge on any atom is -0.342 e.